The lowest BCUT2D eigenvalue weighted by Gasteiger charge is -2.62. The fraction of sp³-hybridized carbons (Fsp3) is 0.783. The van der Waals surface area contributed by atoms with E-state index >= 15 is 8.78 Å². The van der Waals surface area contributed by atoms with E-state index in [1.165, 1.54) is 18.2 Å². The standard InChI is InChI=1S/C23H32F2O3/c1-5-18(27)20-12(2)8-14-15-10-17(24)16-9-13(26)6-7-22(16,4)23(15,25)19(28)11-21(14,20)3/h6-7,9,12,14-15,17-20,27-28H,5,8,10-11H2,1-4H3/t12?,14?,15?,17-,18?,19?,20?,21?,22?,23-/m0/s1. The summed E-state index contributed by atoms with van der Waals surface area (Å²) in [4.78, 5) is 11.8. The first-order chi connectivity index (χ1) is 13.0. The first-order valence-corrected chi connectivity index (χ1v) is 10.6. The predicted octanol–water partition coefficient (Wildman–Crippen LogP) is 3.94. The van der Waals surface area contributed by atoms with Crippen LogP contribution in [0.25, 0.3) is 0 Å². The number of carbonyl (C=O) groups excluding carboxylic acids is 1. The van der Waals surface area contributed by atoms with Gasteiger partial charge in [0.05, 0.1) is 12.2 Å². The highest BCUT2D eigenvalue weighted by Crippen LogP contribution is 2.70. The second-order valence-electron chi connectivity index (χ2n) is 10.2. The Morgan fingerprint density at radius 2 is 1.96 bits per heavy atom. The normalized spacial score (nSPS) is 53.9. The Labute approximate surface area is 165 Å². The highest BCUT2D eigenvalue weighted by Gasteiger charge is 2.72. The van der Waals surface area contributed by atoms with E-state index in [1.54, 1.807) is 6.92 Å². The number of alkyl halides is 2. The molecule has 8 unspecified atom stereocenters. The van der Waals surface area contributed by atoms with Gasteiger partial charge in [-0.1, -0.05) is 26.8 Å². The second-order valence-corrected chi connectivity index (χ2v) is 10.2. The SMILES string of the molecule is CCC(O)C1C(C)CC2C3C[C@H](F)C4=CC(=O)C=CC4(C)[C@@]3(F)C(O)CC21C. The van der Waals surface area contributed by atoms with Crippen LogP contribution in [0.5, 0.6) is 0 Å². The molecule has 0 bridgehead atoms. The highest BCUT2D eigenvalue weighted by molar-refractivity contribution is 6.01. The molecule has 0 amide bonds. The molecule has 2 N–H and O–H groups in total. The Morgan fingerprint density at radius 1 is 1.29 bits per heavy atom. The van der Waals surface area contributed by atoms with Crippen molar-refractivity contribution in [1.29, 1.82) is 0 Å². The fourth-order valence-corrected chi connectivity index (χ4v) is 7.68. The molecule has 3 saturated carbocycles. The number of ketones is 1. The van der Waals surface area contributed by atoms with E-state index in [0.29, 0.717) is 6.42 Å². The Bertz CT molecular complexity index is 748. The molecule has 3 nitrogen and oxygen atoms in total. The zero-order valence-corrected chi connectivity index (χ0v) is 17.2. The van der Waals surface area contributed by atoms with Crippen molar-refractivity contribution >= 4 is 5.78 Å². The molecule has 0 aromatic carbocycles. The average Bonchev–Trinajstić information content (AvgIpc) is 2.89. The molecule has 0 aromatic rings. The van der Waals surface area contributed by atoms with E-state index in [9.17, 15) is 15.0 Å². The maximum absolute atomic E-state index is 16.9. The van der Waals surface area contributed by atoms with Gasteiger partial charge in [-0.05, 0) is 73.5 Å². The molecule has 0 heterocycles. The van der Waals surface area contributed by atoms with Crippen LogP contribution in [0.4, 0.5) is 8.78 Å². The van der Waals surface area contributed by atoms with Crippen molar-refractivity contribution in [2.24, 2.45) is 34.5 Å². The Morgan fingerprint density at radius 3 is 2.61 bits per heavy atom. The van der Waals surface area contributed by atoms with Gasteiger partial charge in [-0.3, -0.25) is 4.79 Å². The topological polar surface area (TPSA) is 57.5 Å². The maximum atomic E-state index is 16.9. The number of allylic oxidation sites excluding steroid dienone is 4. The fourth-order valence-electron chi connectivity index (χ4n) is 7.68. The third kappa shape index (κ3) is 2.29. The summed E-state index contributed by atoms with van der Waals surface area (Å²) in [7, 11) is 0. The van der Waals surface area contributed by atoms with E-state index in [0.717, 1.165) is 6.42 Å². The number of hydrogen-bond donors (Lipinski definition) is 2. The minimum absolute atomic E-state index is 0.0159. The summed E-state index contributed by atoms with van der Waals surface area (Å²) >= 11 is 0. The monoisotopic (exact) mass is 394 g/mol. The predicted molar refractivity (Wildman–Crippen MR) is 103 cm³/mol. The first-order valence-electron chi connectivity index (χ1n) is 10.6. The summed E-state index contributed by atoms with van der Waals surface area (Å²) in [5, 5.41) is 21.9. The summed E-state index contributed by atoms with van der Waals surface area (Å²) in [5.74, 6) is -0.927. The molecule has 3 fully saturated rings. The number of halogens is 2. The third-order valence-electron chi connectivity index (χ3n) is 8.90. The maximum Gasteiger partial charge on any atom is 0.178 e. The molecular weight excluding hydrogens is 362 g/mol. The minimum atomic E-state index is -2.02. The number of carbonyl (C=O) groups is 1. The van der Waals surface area contributed by atoms with Gasteiger partial charge in [0.15, 0.2) is 11.5 Å². The van der Waals surface area contributed by atoms with Crippen molar-refractivity contribution in [1.82, 2.24) is 0 Å². The number of rotatable bonds is 2. The van der Waals surface area contributed by atoms with E-state index in [2.05, 4.69) is 13.8 Å². The van der Waals surface area contributed by atoms with E-state index in [1.807, 2.05) is 6.92 Å². The number of aliphatic hydroxyl groups excluding tert-OH is 2. The van der Waals surface area contributed by atoms with Gasteiger partial charge in [-0.25, -0.2) is 8.78 Å². The number of hydrogen-bond acceptors (Lipinski definition) is 3. The van der Waals surface area contributed by atoms with Crippen LogP contribution in [-0.4, -0.2) is 40.0 Å². The molecule has 0 saturated heterocycles. The van der Waals surface area contributed by atoms with Gasteiger partial charge in [0, 0.05) is 11.3 Å². The van der Waals surface area contributed by atoms with Crippen molar-refractivity contribution in [3.8, 4) is 0 Å². The molecule has 0 spiro atoms. The lowest BCUT2D eigenvalue weighted by atomic mass is 9.44. The van der Waals surface area contributed by atoms with E-state index < -0.39 is 40.8 Å². The zero-order valence-electron chi connectivity index (χ0n) is 17.2. The van der Waals surface area contributed by atoms with Crippen LogP contribution in [0.15, 0.2) is 23.8 Å². The van der Waals surface area contributed by atoms with Crippen LogP contribution in [0.3, 0.4) is 0 Å². The average molecular weight is 395 g/mol. The van der Waals surface area contributed by atoms with Crippen LogP contribution in [-0.2, 0) is 4.79 Å². The van der Waals surface area contributed by atoms with Crippen LogP contribution < -0.4 is 0 Å². The quantitative estimate of drug-likeness (QED) is 0.746. The molecule has 0 aliphatic heterocycles. The molecule has 28 heavy (non-hydrogen) atoms. The van der Waals surface area contributed by atoms with Crippen LogP contribution in [0.1, 0.15) is 53.4 Å². The van der Waals surface area contributed by atoms with Crippen LogP contribution in [0.2, 0.25) is 0 Å². The van der Waals surface area contributed by atoms with Crippen LogP contribution >= 0.6 is 0 Å². The van der Waals surface area contributed by atoms with E-state index in [4.69, 9.17) is 0 Å². The van der Waals surface area contributed by atoms with Crippen molar-refractivity contribution in [3.63, 3.8) is 0 Å². The number of aliphatic hydroxyl groups is 2. The first kappa shape index (κ1) is 20.2. The molecule has 0 aromatic heterocycles. The molecule has 156 valence electrons. The lowest BCUT2D eigenvalue weighted by molar-refractivity contribution is -0.206. The van der Waals surface area contributed by atoms with Crippen molar-refractivity contribution in [2.45, 2.75) is 77.4 Å². The van der Waals surface area contributed by atoms with Gasteiger partial charge >= 0.3 is 0 Å². The summed E-state index contributed by atoms with van der Waals surface area (Å²) in [6.07, 6.45) is 2.41. The van der Waals surface area contributed by atoms with Gasteiger partial charge in [-0.15, -0.1) is 0 Å². The van der Waals surface area contributed by atoms with Gasteiger partial charge < -0.3 is 10.2 Å². The highest BCUT2D eigenvalue weighted by atomic mass is 19.1. The van der Waals surface area contributed by atoms with Crippen molar-refractivity contribution in [3.05, 3.63) is 23.8 Å². The van der Waals surface area contributed by atoms with Crippen LogP contribution in [0, 0.1) is 34.5 Å². The van der Waals surface area contributed by atoms with Crippen molar-refractivity contribution < 1.29 is 23.8 Å². The third-order valence-corrected chi connectivity index (χ3v) is 8.90. The molecule has 0 radical (unpaired) electrons. The van der Waals surface area contributed by atoms with Gasteiger partial charge in [0.1, 0.15) is 6.17 Å². The molecule has 4 rings (SSSR count). The molecule has 5 heteroatoms. The zero-order chi connectivity index (χ0) is 20.6. The smallest absolute Gasteiger partial charge is 0.178 e. The summed E-state index contributed by atoms with van der Waals surface area (Å²) in [6.45, 7) is 7.70. The lowest BCUT2D eigenvalue weighted by Crippen LogP contribution is -2.68. The van der Waals surface area contributed by atoms with Crippen molar-refractivity contribution in [2.75, 3.05) is 0 Å². The van der Waals surface area contributed by atoms with Gasteiger partial charge in [-0.2, -0.15) is 0 Å². The Balaban J connectivity index is 1.82. The summed E-state index contributed by atoms with van der Waals surface area (Å²) in [5.41, 5.74) is -3.61. The summed E-state index contributed by atoms with van der Waals surface area (Å²) in [6, 6.07) is 0. The second kappa shape index (κ2) is 6.21. The Kier molecular flexibility index (Phi) is 4.49. The molecule has 4 aliphatic carbocycles. The minimum Gasteiger partial charge on any atom is -0.393 e. The molecule has 10 atom stereocenters. The molecular formula is C23H32F2O3. The van der Waals surface area contributed by atoms with Gasteiger partial charge in [0.2, 0.25) is 0 Å². The van der Waals surface area contributed by atoms with E-state index in [-0.39, 0.29) is 42.0 Å². The van der Waals surface area contributed by atoms with Gasteiger partial charge in [0.25, 0.3) is 0 Å². The summed E-state index contributed by atoms with van der Waals surface area (Å²) < 4.78 is 32.1. The number of fused-ring (bicyclic) bond motifs is 5. The largest absolute Gasteiger partial charge is 0.393 e. The molecule has 4 aliphatic rings. The Hall–Kier alpha value is -1.07.